The molecule has 15 heteroatoms. The highest BCUT2D eigenvalue weighted by Crippen LogP contribution is 2.29. The van der Waals surface area contributed by atoms with E-state index in [1.807, 2.05) is 35.3 Å². The van der Waals surface area contributed by atoms with Gasteiger partial charge < -0.3 is 44.8 Å². The van der Waals surface area contributed by atoms with Gasteiger partial charge in [-0.25, -0.2) is 0 Å². The minimum Gasteiger partial charge on any atom is -0.462 e. The van der Waals surface area contributed by atoms with Crippen LogP contribution < -0.4 is 0 Å². The van der Waals surface area contributed by atoms with E-state index in [9.17, 15) is 45.0 Å². The first-order valence-corrected chi connectivity index (χ1v) is 36.9. The quantitative estimate of drug-likeness (QED) is 0.0191. The van der Waals surface area contributed by atoms with E-state index in [-0.39, 0.29) is 88.5 Å². The van der Waals surface area contributed by atoms with E-state index in [1.54, 1.807) is 0 Å². The van der Waals surface area contributed by atoms with Gasteiger partial charge in [-0.1, -0.05) is 194 Å². The van der Waals surface area contributed by atoms with Gasteiger partial charge in [0.15, 0.2) is 6.10 Å². The van der Waals surface area contributed by atoms with Crippen LogP contribution in [0.4, 0.5) is 0 Å². The number of carbonyl (C=O) groups excluding carboxylic acids is 3. The van der Waals surface area contributed by atoms with Gasteiger partial charge in [0.25, 0.3) is 0 Å². The zero-order valence-electron chi connectivity index (χ0n) is 52.4. The molecule has 0 saturated carbocycles. The van der Waals surface area contributed by atoms with Gasteiger partial charge in [-0.05, 0) is 114 Å². The second-order valence-corrected chi connectivity index (χ2v) is 27.6. The summed E-state index contributed by atoms with van der Waals surface area (Å²) in [5.41, 5.74) is 0. The molecule has 0 aromatic heterocycles. The average Bonchev–Trinajstić information content (AvgIpc) is 3.45. The Morgan fingerprint density at radius 3 is 0.889 bits per heavy atom. The largest absolute Gasteiger partial charge is 0.462 e. The average molecular weight is 1210 g/mol. The van der Waals surface area contributed by atoms with Crippen molar-refractivity contribution in [1.82, 2.24) is 0 Å². The van der Waals surface area contributed by atoms with Gasteiger partial charge in [0.1, 0.15) is 13.2 Å². The smallest absolute Gasteiger partial charge is 0.306 e. The number of hydrogen-bond acceptors (Lipinski definition) is 15. The van der Waals surface area contributed by atoms with Gasteiger partial charge >= 0.3 is 17.9 Å². The lowest BCUT2D eigenvalue weighted by atomic mass is 10.0. The van der Waals surface area contributed by atoms with Gasteiger partial charge in [0.05, 0.1) is 18.3 Å². The third-order valence-corrected chi connectivity index (χ3v) is 19.6. The number of thioether (sulfide) groups is 3. The van der Waals surface area contributed by atoms with E-state index < -0.39 is 6.10 Å². The fraction of sp³-hybridized carbons (Fsp3) is 0.955. The monoisotopic (exact) mass is 1210 g/mol. The minimum absolute atomic E-state index is 0.156. The van der Waals surface area contributed by atoms with E-state index in [2.05, 4.69) is 20.8 Å². The minimum atomic E-state index is -0.871. The SMILES string of the molecule is CCCCCCC(O)CC(CCCCCCCCC(=O)OCC(COC(=O)CCCCCCCCC(CC(O)CCCCCC)SCCCO)OC(=O)CCCCCCCCC(CC(O)CCCCCC)SCCCO)SCCCO. The Morgan fingerprint density at radius 2 is 0.593 bits per heavy atom. The molecular weight excluding hydrogens is 1080 g/mol. The summed E-state index contributed by atoms with van der Waals surface area (Å²) in [7, 11) is 0. The van der Waals surface area contributed by atoms with Crippen LogP contribution in [0.2, 0.25) is 0 Å². The van der Waals surface area contributed by atoms with Crippen molar-refractivity contribution in [2.75, 3.05) is 50.3 Å². The van der Waals surface area contributed by atoms with Crippen molar-refractivity contribution in [1.29, 1.82) is 0 Å². The van der Waals surface area contributed by atoms with Gasteiger partial charge in [-0.15, -0.1) is 0 Å². The van der Waals surface area contributed by atoms with Crippen molar-refractivity contribution in [3.05, 3.63) is 0 Å². The van der Waals surface area contributed by atoms with E-state index in [0.29, 0.717) is 35.0 Å². The molecular formula is C66H128O12S3. The van der Waals surface area contributed by atoms with Gasteiger partial charge in [0, 0.05) is 54.8 Å². The molecule has 0 amide bonds. The molecule has 0 bridgehead atoms. The summed E-state index contributed by atoms with van der Waals surface area (Å²) < 4.78 is 17.0. The third kappa shape index (κ3) is 56.8. The lowest BCUT2D eigenvalue weighted by molar-refractivity contribution is -0.167. The Bertz CT molecular complexity index is 1290. The van der Waals surface area contributed by atoms with Crippen LogP contribution >= 0.6 is 35.3 Å². The summed E-state index contributed by atoms with van der Waals surface area (Å²) in [6.07, 6.45) is 41.5. The second-order valence-electron chi connectivity index (χ2n) is 23.4. The molecule has 0 aromatic carbocycles. The molecule has 0 aliphatic carbocycles. The maximum Gasteiger partial charge on any atom is 0.306 e. The number of ether oxygens (including phenoxy) is 3. The number of aliphatic hydroxyl groups excluding tert-OH is 6. The van der Waals surface area contributed by atoms with E-state index in [0.717, 1.165) is 210 Å². The summed E-state index contributed by atoms with van der Waals surface area (Å²) in [4.78, 5) is 38.9. The first-order valence-electron chi connectivity index (χ1n) is 33.7. The van der Waals surface area contributed by atoms with Crippen molar-refractivity contribution in [2.45, 2.75) is 350 Å². The molecule has 0 saturated heterocycles. The zero-order chi connectivity index (χ0) is 59.5. The van der Waals surface area contributed by atoms with Crippen molar-refractivity contribution in [3.63, 3.8) is 0 Å². The molecule has 6 N–H and O–H groups in total. The van der Waals surface area contributed by atoms with Crippen molar-refractivity contribution < 1.29 is 59.2 Å². The Hall–Kier alpha value is -0.780. The van der Waals surface area contributed by atoms with Gasteiger partial charge in [0.2, 0.25) is 0 Å². The Kier molecular flexibility index (Phi) is 61.7. The number of rotatable bonds is 65. The molecule has 0 aliphatic rings. The highest BCUT2D eigenvalue weighted by atomic mass is 32.2. The summed E-state index contributed by atoms with van der Waals surface area (Å²) in [5, 5.41) is 61.1. The van der Waals surface area contributed by atoms with Crippen LogP contribution in [0, 0.1) is 0 Å². The predicted octanol–water partition coefficient (Wildman–Crippen LogP) is 16.0. The maximum atomic E-state index is 13.1. The van der Waals surface area contributed by atoms with Crippen LogP contribution in [0.3, 0.4) is 0 Å². The number of unbranched alkanes of at least 4 members (excludes halogenated alkanes) is 24. The normalized spacial score (nSPS) is 14.3. The number of esters is 3. The van der Waals surface area contributed by atoms with E-state index >= 15 is 0 Å². The summed E-state index contributed by atoms with van der Waals surface area (Å²) >= 11 is 5.66. The highest BCUT2D eigenvalue weighted by molar-refractivity contribution is 8.00. The van der Waals surface area contributed by atoms with Crippen LogP contribution in [0.1, 0.15) is 310 Å². The Morgan fingerprint density at radius 1 is 0.333 bits per heavy atom. The maximum absolute atomic E-state index is 13.1. The van der Waals surface area contributed by atoms with Crippen LogP contribution in [0.5, 0.6) is 0 Å². The van der Waals surface area contributed by atoms with Crippen LogP contribution in [-0.2, 0) is 28.6 Å². The lowest BCUT2D eigenvalue weighted by Gasteiger charge is -2.20. The lowest BCUT2D eigenvalue weighted by Crippen LogP contribution is -2.30. The third-order valence-electron chi connectivity index (χ3n) is 15.4. The molecule has 0 heterocycles. The van der Waals surface area contributed by atoms with Gasteiger partial charge in [-0.3, -0.25) is 14.4 Å². The molecule has 0 aliphatic heterocycles. The summed E-state index contributed by atoms with van der Waals surface area (Å²) in [6, 6.07) is 0. The fourth-order valence-corrected chi connectivity index (χ4v) is 14.3. The molecule has 6 atom stereocenters. The first kappa shape index (κ1) is 80.2. The molecule has 12 nitrogen and oxygen atoms in total. The first-order chi connectivity index (χ1) is 39.5. The molecule has 0 radical (unpaired) electrons. The molecule has 6 unspecified atom stereocenters. The zero-order valence-corrected chi connectivity index (χ0v) is 54.8. The number of carbonyl (C=O) groups is 3. The molecule has 81 heavy (non-hydrogen) atoms. The molecule has 0 rings (SSSR count). The molecule has 0 fully saturated rings. The standard InChI is InChI=1S/C66H128O12S3/c1-4-7-10-25-37-57(70)52-61(79-49-34-46-67)40-28-19-13-16-22-31-43-64(73)76-55-60(78-66(75)45-33-24-18-15-21-30-42-63(81-51-36-48-69)54-59(72)39-27-12-9-6-3)56-77-65(74)44-32-23-17-14-20-29-41-62(80-50-35-47-68)53-58(71)38-26-11-8-5-2/h57-63,67-72H,4-56H2,1-3H3. The Labute approximate surface area is 509 Å². The van der Waals surface area contributed by atoms with Crippen LogP contribution in [-0.4, -0.2) is 139 Å². The molecule has 0 spiro atoms. The molecule has 0 aromatic rings. The number of aliphatic hydroxyl groups is 6. The topological polar surface area (TPSA) is 200 Å². The summed E-state index contributed by atoms with van der Waals surface area (Å²) in [6.45, 7) is 6.89. The second kappa shape index (κ2) is 62.3. The molecule has 482 valence electrons. The highest BCUT2D eigenvalue weighted by Gasteiger charge is 2.21. The van der Waals surface area contributed by atoms with E-state index in [4.69, 9.17) is 14.2 Å². The van der Waals surface area contributed by atoms with Gasteiger partial charge in [-0.2, -0.15) is 35.3 Å². The number of hydrogen-bond donors (Lipinski definition) is 6. The summed E-state index contributed by atoms with van der Waals surface area (Å²) in [5.74, 6) is 1.67. The fourth-order valence-electron chi connectivity index (χ4n) is 10.4. The van der Waals surface area contributed by atoms with Crippen LogP contribution in [0.15, 0.2) is 0 Å². The van der Waals surface area contributed by atoms with Crippen molar-refractivity contribution >= 4 is 53.2 Å². The Balaban J connectivity index is 4.99. The van der Waals surface area contributed by atoms with Crippen molar-refractivity contribution in [2.24, 2.45) is 0 Å². The van der Waals surface area contributed by atoms with Crippen molar-refractivity contribution in [3.8, 4) is 0 Å². The predicted molar refractivity (Wildman–Crippen MR) is 345 cm³/mol. The van der Waals surface area contributed by atoms with Crippen LogP contribution in [0.25, 0.3) is 0 Å². The van der Waals surface area contributed by atoms with E-state index in [1.165, 1.54) is 57.8 Å².